The van der Waals surface area contributed by atoms with Crippen molar-refractivity contribution in [2.24, 2.45) is 0 Å². The van der Waals surface area contributed by atoms with Crippen LogP contribution in [0.3, 0.4) is 0 Å². The first-order valence-corrected chi connectivity index (χ1v) is 8.54. The van der Waals surface area contributed by atoms with Crippen LogP contribution in [0.4, 0.5) is 14.5 Å². The Bertz CT molecular complexity index is 934. The van der Waals surface area contributed by atoms with Gasteiger partial charge >= 0.3 is 0 Å². The van der Waals surface area contributed by atoms with Gasteiger partial charge in [-0.25, -0.2) is 13.7 Å². The molecule has 0 bridgehead atoms. The van der Waals surface area contributed by atoms with Crippen molar-refractivity contribution in [3.05, 3.63) is 71.4 Å². The summed E-state index contributed by atoms with van der Waals surface area (Å²) in [7, 11) is 0. The largest absolute Gasteiger partial charge is 0.378 e. The normalized spacial score (nSPS) is 17.9. The molecule has 1 saturated heterocycles. The van der Waals surface area contributed by atoms with Gasteiger partial charge < -0.3 is 9.64 Å². The first-order valence-electron chi connectivity index (χ1n) is 8.54. The molecule has 0 saturated carbocycles. The van der Waals surface area contributed by atoms with Crippen molar-refractivity contribution in [2.75, 3.05) is 31.2 Å². The molecule has 2 aromatic rings. The molecule has 1 fully saturated rings. The summed E-state index contributed by atoms with van der Waals surface area (Å²) in [4.78, 5) is 28.9. The maximum atomic E-state index is 14.3. The third kappa shape index (κ3) is 3.00. The number of ether oxygens (including phenoxy) is 1. The molecule has 0 N–H and O–H groups in total. The number of carbonyl (C=O) groups is 2. The highest BCUT2D eigenvalue weighted by atomic mass is 19.1. The van der Waals surface area contributed by atoms with Gasteiger partial charge in [0.25, 0.3) is 11.8 Å². The van der Waals surface area contributed by atoms with Gasteiger partial charge in [-0.1, -0.05) is 24.3 Å². The third-order valence-corrected chi connectivity index (χ3v) is 4.61. The summed E-state index contributed by atoms with van der Waals surface area (Å²) in [6, 6.07) is 11.0. The zero-order valence-electron chi connectivity index (χ0n) is 14.3. The smallest absolute Gasteiger partial charge is 0.282 e. The number of imide groups is 1. The Labute approximate surface area is 154 Å². The van der Waals surface area contributed by atoms with Crippen molar-refractivity contribution in [3.63, 3.8) is 0 Å². The molecule has 27 heavy (non-hydrogen) atoms. The summed E-state index contributed by atoms with van der Waals surface area (Å²) in [6.07, 6.45) is 0. The highest BCUT2D eigenvalue weighted by Gasteiger charge is 2.43. The van der Waals surface area contributed by atoms with Gasteiger partial charge in [-0.3, -0.25) is 9.59 Å². The van der Waals surface area contributed by atoms with Crippen molar-refractivity contribution in [1.29, 1.82) is 0 Å². The molecule has 2 aromatic carbocycles. The topological polar surface area (TPSA) is 49.9 Å². The Morgan fingerprint density at radius 1 is 0.852 bits per heavy atom. The molecular formula is C20H16F2N2O3. The van der Waals surface area contributed by atoms with Crippen LogP contribution in [-0.2, 0) is 14.3 Å². The Hall–Kier alpha value is -3.06. The lowest BCUT2D eigenvalue weighted by molar-refractivity contribution is -0.121. The van der Waals surface area contributed by atoms with Gasteiger partial charge in [-0.05, 0) is 29.8 Å². The van der Waals surface area contributed by atoms with Gasteiger partial charge in [0, 0.05) is 13.1 Å². The molecule has 138 valence electrons. The number of rotatable bonds is 3. The van der Waals surface area contributed by atoms with Crippen LogP contribution < -0.4 is 4.90 Å². The van der Waals surface area contributed by atoms with Crippen LogP contribution in [0.15, 0.2) is 54.2 Å². The highest BCUT2D eigenvalue weighted by Crippen LogP contribution is 2.36. The zero-order chi connectivity index (χ0) is 19.0. The van der Waals surface area contributed by atoms with Gasteiger partial charge in [0.05, 0.1) is 24.5 Å². The van der Waals surface area contributed by atoms with Crippen LogP contribution in [0.25, 0.3) is 5.57 Å². The van der Waals surface area contributed by atoms with Gasteiger partial charge in [0.2, 0.25) is 0 Å². The van der Waals surface area contributed by atoms with E-state index >= 15 is 0 Å². The molecule has 7 heteroatoms. The van der Waals surface area contributed by atoms with E-state index in [-0.39, 0.29) is 17.0 Å². The predicted molar refractivity (Wildman–Crippen MR) is 94.6 cm³/mol. The molecule has 5 nitrogen and oxygen atoms in total. The van der Waals surface area contributed by atoms with E-state index in [0.29, 0.717) is 31.9 Å². The van der Waals surface area contributed by atoms with E-state index in [1.54, 1.807) is 11.0 Å². The third-order valence-electron chi connectivity index (χ3n) is 4.61. The van der Waals surface area contributed by atoms with E-state index in [1.165, 1.54) is 42.5 Å². The minimum Gasteiger partial charge on any atom is -0.378 e. The number of hydrogen-bond acceptors (Lipinski definition) is 4. The summed E-state index contributed by atoms with van der Waals surface area (Å²) < 4.78 is 33.0. The van der Waals surface area contributed by atoms with Crippen LogP contribution in [0, 0.1) is 11.6 Å². The second-order valence-electron chi connectivity index (χ2n) is 6.23. The fourth-order valence-electron chi connectivity index (χ4n) is 3.33. The Morgan fingerprint density at radius 3 is 2.19 bits per heavy atom. The summed E-state index contributed by atoms with van der Waals surface area (Å²) in [5, 5.41) is 0. The number of morpholine rings is 1. The van der Waals surface area contributed by atoms with E-state index in [2.05, 4.69) is 0 Å². The van der Waals surface area contributed by atoms with Gasteiger partial charge in [-0.15, -0.1) is 0 Å². The zero-order valence-corrected chi connectivity index (χ0v) is 14.3. The lowest BCUT2D eigenvalue weighted by atomic mass is 10.0. The first-order chi connectivity index (χ1) is 13.1. The van der Waals surface area contributed by atoms with Crippen molar-refractivity contribution < 1.29 is 23.1 Å². The molecule has 0 spiro atoms. The maximum Gasteiger partial charge on any atom is 0.282 e. The SMILES string of the molecule is O=C1C(c2ccc(F)cc2)=C(N2CCOCC2)C(=O)N1c1ccccc1F. The fourth-order valence-corrected chi connectivity index (χ4v) is 3.33. The minimum atomic E-state index is -0.666. The number of anilines is 1. The molecule has 0 atom stereocenters. The van der Waals surface area contributed by atoms with E-state index in [0.717, 1.165) is 4.90 Å². The van der Waals surface area contributed by atoms with Gasteiger partial charge in [0.1, 0.15) is 17.3 Å². The molecule has 4 rings (SSSR count). The predicted octanol–water partition coefficient (Wildman–Crippen LogP) is 2.58. The maximum absolute atomic E-state index is 14.3. The van der Waals surface area contributed by atoms with E-state index in [1.807, 2.05) is 0 Å². The summed E-state index contributed by atoms with van der Waals surface area (Å²) in [5.41, 5.74) is 0.647. The summed E-state index contributed by atoms with van der Waals surface area (Å²) >= 11 is 0. The molecule has 0 aromatic heterocycles. The number of benzene rings is 2. The van der Waals surface area contributed by atoms with Crippen LogP contribution in [0.5, 0.6) is 0 Å². The lowest BCUT2D eigenvalue weighted by Crippen LogP contribution is -2.40. The molecular weight excluding hydrogens is 354 g/mol. The molecule has 2 heterocycles. The molecule has 2 aliphatic rings. The van der Waals surface area contributed by atoms with Gasteiger partial charge in [0.15, 0.2) is 0 Å². The summed E-state index contributed by atoms with van der Waals surface area (Å²) in [5.74, 6) is -2.33. The monoisotopic (exact) mass is 370 g/mol. The van der Waals surface area contributed by atoms with E-state index < -0.39 is 23.4 Å². The van der Waals surface area contributed by atoms with Crippen LogP contribution in [0.2, 0.25) is 0 Å². The molecule has 0 unspecified atom stereocenters. The molecule has 2 amide bonds. The van der Waals surface area contributed by atoms with Crippen LogP contribution >= 0.6 is 0 Å². The second-order valence-corrected chi connectivity index (χ2v) is 6.23. The van der Waals surface area contributed by atoms with Crippen molar-refractivity contribution >= 4 is 23.1 Å². The number of nitrogens with zero attached hydrogens (tertiary/aromatic N) is 2. The van der Waals surface area contributed by atoms with Crippen molar-refractivity contribution in [3.8, 4) is 0 Å². The number of para-hydroxylation sites is 1. The minimum absolute atomic E-state index is 0.102. The van der Waals surface area contributed by atoms with E-state index in [4.69, 9.17) is 4.74 Å². The highest BCUT2D eigenvalue weighted by molar-refractivity contribution is 6.45. The standard InChI is InChI=1S/C20H16F2N2O3/c21-14-7-5-13(6-8-14)17-18(23-9-11-27-12-10-23)20(26)24(19(17)25)16-4-2-1-3-15(16)22/h1-8H,9-12H2. The van der Waals surface area contributed by atoms with Crippen molar-refractivity contribution in [1.82, 2.24) is 4.90 Å². The Kier molecular flexibility index (Phi) is 4.45. The fraction of sp³-hybridized carbons (Fsp3) is 0.200. The molecule has 0 aliphatic carbocycles. The lowest BCUT2D eigenvalue weighted by Gasteiger charge is -2.29. The van der Waals surface area contributed by atoms with E-state index in [9.17, 15) is 18.4 Å². The molecule has 2 aliphatic heterocycles. The quantitative estimate of drug-likeness (QED) is 0.780. The Morgan fingerprint density at radius 2 is 1.52 bits per heavy atom. The number of carbonyl (C=O) groups excluding carboxylic acids is 2. The Balaban J connectivity index is 1.84. The van der Waals surface area contributed by atoms with Gasteiger partial charge in [-0.2, -0.15) is 0 Å². The average Bonchev–Trinajstić information content (AvgIpc) is 2.94. The second kappa shape index (κ2) is 6.92. The summed E-state index contributed by atoms with van der Waals surface area (Å²) in [6.45, 7) is 1.71. The molecule has 0 radical (unpaired) electrons. The average molecular weight is 370 g/mol. The first kappa shape index (κ1) is 17.4. The van der Waals surface area contributed by atoms with Crippen LogP contribution in [-0.4, -0.2) is 43.0 Å². The van der Waals surface area contributed by atoms with Crippen LogP contribution in [0.1, 0.15) is 5.56 Å². The number of hydrogen-bond donors (Lipinski definition) is 0. The van der Waals surface area contributed by atoms with Crippen molar-refractivity contribution in [2.45, 2.75) is 0 Å². The number of halogens is 2. The number of amides is 2.